The van der Waals surface area contributed by atoms with Gasteiger partial charge in [-0.2, -0.15) is 5.10 Å². The first kappa shape index (κ1) is 14.3. The lowest BCUT2D eigenvalue weighted by molar-refractivity contribution is -0.131. The third-order valence-corrected chi connectivity index (χ3v) is 5.95. The van der Waals surface area contributed by atoms with Gasteiger partial charge in [0.2, 0.25) is 5.91 Å². The summed E-state index contributed by atoms with van der Waals surface area (Å²) in [6.07, 6.45) is 4.47. The van der Waals surface area contributed by atoms with Crippen LogP contribution in [0.4, 0.5) is 0 Å². The van der Waals surface area contributed by atoms with E-state index in [-0.39, 0.29) is 18.0 Å². The van der Waals surface area contributed by atoms with Crippen molar-refractivity contribution in [2.45, 2.75) is 36.7 Å². The number of benzene rings is 1. The quantitative estimate of drug-likeness (QED) is 0.787. The zero-order valence-electron chi connectivity index (χ0n) is 13.0. The van der Waals surface area contributed by atoms with Crippen molar-refractivity contribution in [2.24, 2.45) is 11.0 Å². The average molecular weight is 315 g/mol. The van der Waals surface area contributed by atoms with E-state index in [9.17, 15) is 4.79 Å². The number of carbonyl (C=O) groups is 1. The molecule has 4 nitrogen and oxygen atoms in total. The SMILES string of the molecule is CSc1ccc(C2C3C(=NN2C(C)=O)C2CCN3CC2)cc1. The minimum atomic E-state index is 0.0430. The normalized spacial score (nSPS) is 32.8. The van der Waals surface area contributed by atoms with E-state index in [0.29, 0.717) is 5.92 Å². The predicted octanol–water partition coefficient (Wildman–Crippen LogP) is 2.76. The molecule has 2 unspecified atom stereocenters. The molecule has 0 aliphatic carbocycles. The Labute approximate surface area is 135 Å². The Hall–Kier alpha value is -1.33. The van der Waals surface area contributed by atoms with Crippen LogP contribution in [0.25, 0.3) is 0 Å². The maximum Gasteiger partial charge on any atom is 0.240 e. The number of hydrogen-bond acceptors (Lipinski definition) is 4. The third kappa shape index (κ3) is 2.10. The fourth-order valence-electron chi connectivity index (χ4n) is 4.12. The molecule has 0 radical (unpaired) electrons. The second-order valence-corrected chi connectivity index (χ2v) is 7.24. The first-order valence-corrected chi connectivity index (χ1v) is 9.17. The van der Waals surface area contributed by atoms with Crippen LogP contribution in [-0.4, -0.2) is 46.9 Å². The molecule has 0 aromatic heterocycles. The van der Waals surface area contributed by atoms with Crippen molar-refractivity contribution in [1.82, 2.24) is 9.91 Å². The second-order valence-electron chi connectivity index (χ2n) is 6.36. The number of piperidine rings is 3. The Morgan fingerprint density at radius 2 is 1.86 bits per heavy atom. The largest absolute Gasteiger partial charge is 0.293 e. The molecule has 4 heterocycles. The lowest BCUT2D eigenvalue weighted by Crippen LogP contribution is -2.56. The number of amides is 1. The molecule has 0 N–H and O–H groups in total. The van der Waals surface area contributed by atoms with Crippen molar-refractivity contribution in [2.75, 3.05) is 19.3 Å². The lowest BCUT2D eigenvalue weighted by atomic mass is 9.78. The highest BCUT2D eigenvalue weighted by atomic mass is 32.2. The number of carbonyl (C=O) groups excluding carboxylic acids is 1. The summed E-state index contributed by atoms with van der Waals surface area (Å²) < 4.78 is 0. The van der Waals surface area contributed by atoms with Gasteiger partial charge in [-0.1, -0.05) is 12.1 Å². The van der Waals surface area contributed by atoms with Crippen molar-refractivity contribution in [1.29, 1.82) is 0 Å². The minimum Gasteiger partial charge on any atom is -0.293 e. The van der Waals surface area contributed by atoms with Gasteiger partial charge in [0.05, 0.1) is 11.8 Å². The van der Waals surface area contributed by atoms with E-state index >= 15 is 0 Å². The van der Waals surface area contributed by atoms with E-state index in [2.05, 4.69) is 35.4 Å². The van der Waals surface area contributed by atoms with E-state index in [1.165, 1.54) is 29.0 Å². The summed E-state index contributed by atoms with van der Waals surface area (Å²) in [6.45, 7) is 3.90. The van der Waals surface area contributed by atoms with E-state index < -0.39 is 0 Å². The monoisotopic (exact) mass is 315 g/mol. The Morgan fingerprint density at radius 1 is 1.18 bits per heavy atom. The van der Waals surface area contributed by atoms with Crippen LogP contribution in [0.2, 0.25) is 0 Å². The van der Waals surface area contributed by atoms with Gasteiger partial charge in [-0.15, -0.1) is 11.8 Å². The number of hydrogen-bond donors (Lipinski definition) is 0. The zero-order valence-corrected chi connectivity index (χ0v) is 13.8. The Balaban J connectivity index is 1.74. The molecule has 1 amide bonds. The number of rotatable bonds is 2. The van der Waals surface area contributed by atoms with Crippen molar-refractivity contribution in [3.8, 4) is 0 Å². The van der Waals surface area contributed by atoms with Crippen LogP contribution in [0.1, 0.15) is 31.4 Å². The molecule has 3 fully saturated rings. The number of thioether (sulfide) groups is 1. The van der Waals surface area contributed by atoms with E-state index in [0.717, 1.165) is 13.1 Å². The molecule has 4 aliphatic heterocycles. The first-order valence-electron chi connectivity index (χ1n) is 7.95. The fourth-order valence-corrected chi connectivity index (χ4v) is 4.52. The summed E-state index contributed by atoms with van der Waals surface area (Å²) in [7, 11) is 0. The van der Waals surface area contributed by atoms with Crippen molar-refractivity contribution in [3.05, 3.63) is 29.8 Å². The summed E-state index contributed by atoms with van der Waals surface area (Å²) >= 11 is 1.74. The van der Waals surface area contributed by atoms with Crippen LogP contribution in [-0.2, 0) is 4.79 Å². The summed E-state index contributed by atoms with van der Waals surface area (Å²) in [5.41, 5.74) is 2.44. The van der Waals surface area contributed by atoms with E-state index in [1.807, 2.05) is 0 Å². The van der Waals surface area contributed by atoms with Crippen LogP contribution in [0.15, 0.2) is 34.3 Å². The van der Waals surface area contributed by atoms with Crippen LogP contribution < -0.4 is 0 Å². The maximum atomic E-state index is 12.1. The van der Waals surface area contributed by atoms with Crippen molar-refractivity contribution in [3.63, 3.8) is 0 Å². The molecule has 2 atom stereocenters. The smallest absolute Gasteiger partial charge is 0.240 e. The van der Waals surface area contributed by atoms with Gasteiger partial charge in [0.15, 0.2) is 0 Å². The molecular weight excluding hydrogens is 294 g/mol. The Morgan fingerprint density at radius 3 is 2.45 bits per heavy atom. The fraction of sp³-hybridized carbons (Fsp3) is 0.529. The average Bonchev–Trinajstić information content (AvgIpc) is 2.99. The molecular formula is C17H21N3OS. The molecule has 116 valence electrons. The van der Waals surface area contributed by atoms with Gasteiger partial charge >= 0.3 is 0 Å². The van der Waals surface area contributed by atoms with Gasteiger partial charge in [0.1, 0.15) is 6.04 Å². The molecule has 1 aromatic rings. The standard InChI is InChI=1S/C17H21N3OS/c1-11(21)20-16(13-3-5-14(22-2)6-4-13)17-15(18-20)12-7-9-19(17)10-8-12/h3-6,12,16-17H,7-10H2,1-2H3. The zero-order chi connectivity index (χ0) is 15.3. The molecule has 0 spiro atoms. The third-order valence-electron chi connectivity index (χ3n) is 5.21. The van der Waals surface area contributed by atoms with Crippen LogP contribution in [0.3, 0.4) is 0 Å². The lowest BCUT2D eigenvalue weighted by Gasteiger charge is -2.46. The predicted molar refractivity (Wildman–Crippen MR) is 89.0 cm³/mol. The van der Waals surface area contributed by atoms with Gasteiger partial charge in [0, 0.05) is 17.7 Å². The number of fused-ring (bicyclic) bond motifs is 2. The van der Waals surface area contributed by atoms with E-state index in [1.54, 1.807) is 23.7 Å². The minimum absolute atomic E-state index is 0.0430. The molecule has 3 saturated heterocycles. The van der Waals surface area contributed by atoms with Crippen molar-refractivity contribution >= 4 is 23.4 Å². The summed E-state index contributed by atoms with van der Waals surface area (Å²) in [4.78, 5) is 15.9. The van der Waals surface area contributed by atoms with Crippen LogP contribution in [0.5, 0.6) is 0 Å². The van der Waals surface area contributed by atoms with Crippen molar-refractivity contribution < 1.29 is 4.79 Å². The van der Waals surface area contributed by atoms with Gasteiger partial charge in [0.25, 0.3) is 0 Å². The molecule has 22 heavy (non-hydrogen) atoms. The van der Waals surface area contributed by atoms with Gasteiger partial charge < -0.3 is 0 Å². The Bertz CT molecular complexity index is 619. The summed E-state index contributed by atoms with van der Waals surface area (Å²) in [5.74, 6) is 0.619. The van der Waals surface area contributed by atoms with E-state index in [4.69, 9.17) is 5.10 Å². The second kappa shape index (κ2) is 5.39. The molecule has 1 aromatic carbocycles. The summed E-state index contributed by atoms with van der Waals surface area (Å²) in [6, 6.07) is 8.95. The highest BCUT2D eigenvalue weighted by Crippen LogP contribution is 2.43. The van der Waals surface area contributed by atoms with Crippen LogP contribution in [0, 0.1) is 5.92 Å². The molecule has 4 aliphatic rings. The van der Waals surface area contributed by atoms with Crippen LogP contribution >= 0.6 is 11.8 Å². The molecule has 5 rings (SSSR count). The molecule has 0 saturated carbocycles. The highest BCUT2D eigenvalue weighted by Gasteiger charge is 2.50. The highest BCUT2D eigenvalue weighted by molar-refractivity contribution is 7.98. The van der Waals surface area contributed by atoms with Gasteiger partial charge in [-0.25, -0.2) is 5.01 Å². The maximum absolute atomic E-state index is 12.1. The summed E-state index contributed by atoms with van der Waals surface area (Å²) in [5, 5.41) is 6.47. The number of hydrazone groups is 1. The van der Waals surface area contributed by atoms with Gasteiger partial charge in [-0.3, -0.25) is 9.69 Å². The molecule has 5 heteroatoms. The van der Waals surface area contributed by atoms with Gasteiger partial charge in [-0.05, 0) is 49.9 Å². The number of nitrogens with zero attached hydrogens (tertiary/aromatic N) is 3. The first-order chi connectivity index (χ1) is 10.7. The molecule has 2 bridgehead atoms. The topological polar surface area (TPSA) is 35.9 Å². The Kier molecular flexibility index (Phi) is 3.50.